The molecule has 2 N–H and O–H groups in total. The molecule has 116 valence electrons. The maximum Gasteiger partial charge on any atom is 0.409 e. The van der Waals surface area contributed by atoms with Crippen LogP contribution in [0.2, 0.25) is 0 Å². The Balaban J connectivity index is 1.79. The number of aromatic hydroxyl groups is 1. The van der Waals surface area contributed by atoms with Gasteiger partial charge in [0.1, 0.15) is 11.6 Å². The van der Waals surface area contributed by atoms with E-state index in [-0.39, 0.29) is 23.7 Å². The fourth-order valence-electron chi connectivity index (χ4n) is 2.43. The Morgan fingerprint density at radius 2 is 2.19 bits per heavy atom. The molecule has 1 aliphatic heterocycles. The van der Waals surface area contributed by atoms with Gasteiger partial charge in [0.25, 0.3) is 0 Å². The van der Waals surface area contributed by atoms with E-state index in [0.29, 0.717) is 31.8 Å². The molecule has 0 atom stereocenters. The van der Waals surface area contributed by atoms with Crippen LogP contribution in [0.1, 0.15) is 25.3 Å². The van der Waals surface area contributed by atoms with Gasteiger partial charge in [-0.1, -0.05) is 0 Å². The molecule has 5 nitrogen and oxygen atoms in total. The number of phenolic OH excluding ortho intramolecular Hbond substituents is 1. The number of benzene rings is 1. The highest BCUT2D eigenvalue weighted by Gasteiger charge is 2.23. The molecule has 0 bridgehead atoms. The van der Waals surface area contributed by atoms with Gasteiger partial charge < -0.3 is 20.1 Å². The van der Waals surface area contributed by atoms with Crippen molar-refractivity contribution in [1.29, 1.82) is 0 Å². The van der Waals surface area contributed by atoms with E-state index < -0.39 is 0 Å². The van der Waals surface area contributed by atoms with Gasteiger partial charge in [-0.3, -0.25) is 0 Å². The van der Waals surface area contributed by atoms with E-state index in [4.69, 9.17) is 4.74 Å². The SMILES string of the molecule is CCOC(=O)N1CCC(NCc2cc(F)ccc2O)CC1. The molecule has 0 spiro atoms. The van der Waals surface area contributed by atoms with Gasteiger partial charge >= 0.3 is 6.09 Å². The minimum absolute atomic E-state index is 0.0906. The zero-order valence-electron chi connectivity index (χ0n) is 12.1. The molecule has 6 heteroatoms. The Labute approximate surface area is 123 Å². The van der Waals surface area contributed by atoms with Gasteiger partial charge in [-0.05, 0) is 38.0 Å². The van der Waals surface area contributed by atoms with Crippen LogP contribution in [0.25, 0.3) is 0 Å². The molecule has 1 saturated heterocycles. The van der Waals surface area contributed by atoms with Gasteiger partial charge in [-0.25, -0.2) is 9.18 Å². The van der Waals surface area contributed by atoms with Gasteiger partial charge in [0.15, 0.2) is 0 Å². The fraction of sp³-hybridized carbons (Fsp3) is 0.533. The van der Waals surface area contributed by atoms with Crippen LogP contribution < -0.4 is 5.32 Å². The summed E-state index contributed by atoms with van der Waals surface area (Å²) in [6.07, 6.45) is 1.36. The van der Waals surface area contributed by atoms with E-state index in [1.54, 1.807) is 11.8 Å². The third-order valence-corrected chi connectivity index (χ3v) is 3.64. The molecular formula is C15H21FN2O3. The van der Waals surface area contributed by atoms with Crippen molar-refractivity contribution in [3.05, 3.63) is 29.6 Å². The summed E-state index contributed by atoms with van der Waals surface area (Å²) in [4.78, 5) is 13.3. The van der Waals surface area contributed by atoms with Gasteiger partial charge in [-0.15, -0.1) is 0 Å². The van der Waals surface area contributed by atoms with Crippen LogP contribution in [0.4, 0.5) is 9.18 Å². The number of likely N-dealkylation sites (tertiary alicyclic amines) is 1. The third kappa shape index (κ3) is 4.32. The van der Waals surface area contributed by atoms with Crippen LogP contribution in [0.15, 0.2) is 18.2 Å². The lowest BCUT2D eigenvalue weighted by Gasteiger charge is -2.31. The van der Waals surface area contributed by atoms with Crippen LogP contribution >= 0.6 is 0 Å². The van der Waals surface area contributed by atoms with E-state index in [0.717, 1.165) is 12.8 Å². The number of nitrogens with one attached hydrogen (secondary N) is 1. The lowest BCUT2D eigenvalue weighted by molar-refractivity contribution is 0.0950. The van der Waals surface area contributed by atoms with Crippen molar-refractivity contribution in [2.24, 2.45) is 0 Å². The predicted octanol–water partition coefficient (Wildman–Crippen LogP) is 2.24. The largest absolute Gasteiger partial charge is 0.508 e. The first kappa shape index (κ1) is 15.6. The molecule has 1 heterocycles. The first-order valence-corrected chi connectivity index (χ1v) is 7.22. The van der Waals surface area contributed by atoms with Crippen LogP contribution in [-0.4, -0.2) is 41.8 Å². The van der Waals surface area contributed by atoms with E-state index in [9.17, 15) is 14.3 Å². The van der Waals surface area contributed by atoms with Gasteiger partial charge in [0, 0.05) is 31.2 Å². The Morgan fingerprint density at radius 3 is 2.86 bits per heavy atom. The molecular weight excluding hydrogens is 275 g/mol. The van der Waals surface area contributed by atoms with Crippen LogP contribution in [0.5, 0.6) is 5.75 Å². The maximum atomic E-state index is 13.1. The summed E-state index contributed by atoms with van der Waals surface area (Å²) < 4.78 is 18.1. The number of nitrogens with zero attached hydrogens (tertiary/aromatic N) is 1. The lowest BCUT2D eigenvalue weighted by atomic mass is 10.0. The maximum absolute atomic E-state index is 13.1. The Hall–Kier alpha value is -1.82. The molecule has 21 heavy (non-hydrogen) atoms. The fourth-order valence-corrected chi connectivity index (χ4v) is 2.43. The van der Waals surface area contributed by atoms with Crippen molar-refractivity contribution in [3.63, 3.8) is 0 Å². The molecule has 0 aromatic heterocycles. The summed E-state index contributed by atoms with van der Waals surface area (Å²) in [5.41, 5.74) is 0.544. The second-order valence-electron chi connectivity index (χ2n) is 5.11. The van der Waals surface area contributed by atoms with Crippen LogP contribution in [0, 0.1) is 5.82 Å². The van der Waals surface area contributed by atoms with Crippen molar-refractivity contribution < 1.29 is 19.0 Å². The summed E-state index contributed by atoms with van der Waals surface area (Å²) in [5.74, 6) is -0.269. The summed E-state index contributed by atoms with van der Waals surface area (Å²) in [5, 5.41) is 13.0. The van der Waals surface area contributed by atoms with E-state index in [1.807, 2.05) is 0 Å². The average molecular weight is 296 g/mol. The van der Waals surface area contributed by atoms with E-state index in [2.05, 4.69) is 5.32 Å². The Morgan fingerprint density at radius 1 is 1.48 bits per heavy atom. The van der Waals surface area contributed by atoms with Crippen LogP contribution in [0.3, 0.4) is 0 Å². The predicted molar refractivity (Wildman–Crippen MR) is 76.5 cm³/mol. The number of rotatable bonds is 4. The number of amides is 1. The van der Waals surface area contributed by atoms with E-state index >= 15 is 0 Å². The highest BCUT2D eigenvalue weighted by molar-refractivity contribution is 5.67. The number of ether oxygens (including phenoxy) is 1. The van der Waals surface area contributed by atoms with Crippen LogP contribution in [-0.2, 0) is 11.3 Å². The zero-order valence-corrected chi connectivity index (χ0v) is 12.1. The molecule has 0 radical (unpaired) electrons. The van der Waals surface area contributed by atoms with Crippen molar-refractivity contribution in [1.82, 2.24) is 10.2 Å². The molecule has 2 rings (SSSR count). The molecule has 1 amide bonds. The molecule has 0 saturated carbocycles. The number of carbonyl (C=O) groups excluding carboxylic acids is 1. The molecule has 0 aliphatic carbocycles. The normalized spacial score (nSPS) is 16.0. The second kappa shape index (κ2) is 7.26. The van der Waals surface area contributed by atoms with Gasteiger partial charge in [-0.2, -0.15) is 0 Å². The number of hydrogen-bond acceptors (Lipinski definition) is 4. The first-order chi connectivity index (χ1) is 10.1. The quantitative estimate of drug-likeness (QED) is 0.894. The smallest absolute Gasteiger partial charge is 0.409 e. The molecule has 1 fully saturated rings. The highest BCUT2D eigenvalue weighted by Crippen LogP contribution is 2.19. The molecule has 1 aromatic rings. The zero-order chi connectivity index (χ0) is 15.2. The summed E-state index contributed by atoms with van der Waals surface area (Å²) in [6.45, 7) is 3.87. The van der Waals surface area contributed by atoms with Crippen molar-refractivity contribution >= 4 is 6.09 Å². The number of piperidine rings is 1. The highest BCUT2D eigenvalue weighted by atomic mass is 19.1. The summed E-state index contributed by atoms with van der Waals surface area (Å²) >= 11 is 0. The Kier molecular flexibility index (Phi) is 5.38. The lowest BCUT2D eigenvalue weighted by Crippen LogP contribution is -2.44. The summed E-state index contributed by atoms with van der Waals surface area (Å²) in [6, 6.07) is 4.17. The minimum atomic E-state index is -0.360. The monoisotopic (exact) mass is 296 g/mol. The Bertz CT molecular complexity index is 488. The van der Waals surface area contributed by atoms with Gasteiger partial charge in [0.2, 0.25) is 0 Å². The first-order valence-electron chi connectivity index (χ1n) is 7.22. The number of halogens is 1. The molecule has 1 aliphatic rings. The number of phenols is 1. The van der Waals surface area contributed by atoms with Crippen molar-refractivity contribution in [2.45, 2.75) is 32.4 Å². The number of carbonyl (C=O) groups is 1. The summed E-state index contributed by atoms with van der Waals surface area (Å²) in [7, 11) is 0. The van der Waals surface area contributed by atoms with Gasteiger partial charge in [0.05, 0.1) is 6.61 Å². The van der Waals surface area contributed by atoms with Crippen molar-refractivity contribution in [3.8, 4) is 5.75 Å². The number of hydrogen-bond donors (Lipinski definition) is 2. The van der Waals surface area contributed by atoms with Crippen molar-refractivity contribution in [2.75, 3.05) is 19.7 Å². The molecule has 0 unspecified atom stereocenters. The second-order valence-corrected chi connectivity index (χ2v) is 5.11. The molecule has 1 aromatic carbocycles. The average Bonchev–Trinajstić information content (AvgIpc) is 2.49. The minimum Gasteiger partial charge on any atom is -0.508 e. The standard InChI is InChI=1S/C15H21FN2O3/c1-2-21-15(20)18-7-5-13(6-8-18)17-10-11-9-12(16)3-4-14(11)19/h3-4,9,13,17,19H,2,5-8,10H2,1H3. The third-order valence-electron chi connectivity index (χ3n) is 3.64. The van der Waals surface area contributed by atoms with E-state index in [1.165, 1.54) is 18.2 Å². The topological polar surface area (TPSA) is 61.8 Å².